The number of fused-ring (bicyclic) bond motifs is 1. The number of nitrogens with one attached hydrogen (secondary N) is 1. The Balaban J connectivity index is 1.89. The fourth-order valence-electron chi connectivity index (χ4n) is 4.16. The molecule has 1 atom stereocenters. The molecule has 8 heteroatoms. The van der Waals surface area contributed by atoms with Crippen LogP contribution in [0.1, 0.15) is 36.2 Å². The second-order valence-electron chi connectivity index (χ2n) is 7.92. The van der Waals surface area contributed by atoms with E-state index in [2.05, 4.69) is 10.3 Å². The zero-order valence-corrected chi connectivity index (χ0v) is 17.9. The average molecular weight is 433 g/mol. The van der Waals surface area contributed by atoms with Gasteiger partial charge in [0.2, 0.25) is 11.4 Å². The van der Waals surface area contributed by atoms with Crippen LogP contribution in [0.15, 0.2) is 53.3 Å². The van der Waals surface area contributed by atoms with Crippen molar-refractivity contribution in [3.05, 3.63) is 75.8 Å². The molecule has 1 aromatic heterocycles. The quantitative estimate of drug-likeness (QED) is 0.384. The molecule has 1 N–H and O–H groups in total. The van der Waals surface area contributed by atoms with E-state index in [1.807, 2.05) is 19.1 Å². The van der Waals surface area contributed by atoms with E-state index in [1.54, 1.807) is 43.3 Å². The molecule has 0 spiro atoms. The zero-order valence-electron chi connectivity index (χ0n) is 17.9. The Morgan fingerprint density at radius 1 is 1.09 bits per heavy atom. The predicted molar refractivity (Wildman–Crippen MR) is 117 cm³/mol. The van der Waals surface area contributed by atoms with Crippen molar-refractivity contribution in [1.82, 2.24) is 14.9 Å². The molecule has 0 bridgehead atoms. The van der Waals surface area contributed by atoms with Crippen LogP contribution in [0.5, 0.6) is 0 Å². The number of nitrogens with zero attached hydrogens (tertiary/aromatic N) is 2. The van der Waals surface area contributed by atoms with E-state index >= 15 is 0 Å². The Kier molecular flexibility index (Phi) is 5.61. The van der Waals surface area contributed by atoms with Gasteiger partial charge in [-0.15, -0.1) is 0 Å². The molecule has 32 heavy (non-hydrogen) atoms. The van der Waals surface area contributed by atoms with Crippen molar-refractivity contribution in [3.8, 4) is 0 Å². The van der Waals surface area contributed by atoms with Gasteiger partial charge in [0.25, 0.3) is 11.5 Å². The van der Waals surface area contributed by atoms with Gasteiger partial charge in [-0.25, -0.2) is 9.78 Å². The summed E-state index contributed by atoms with van der Waals surface area (Å²) in [7, 11) is 0. The highest BCUT2D eigenvalue weighted by molar-refractivity contribution is 6.11. The van der Waals surface area contributed by atoms with Gasteiger partial charge in [0.1, 0.15) is 12.4 Å². The lowest BCUT2D eigenvalue weighted by Crippen LogP contribution is -2.58. The lowest BCUT2D eigenvalue weighted by atomic mass is 9.91. The molecule has 1 unspecified atom stereocenters. The van der Waals surface area contributed by atoms with E-state index in [9.17, 15) is 19.2 Å². The van der Waals surface area contributed by atoms with Crippen molar-refractivity contribution >= 4 is 28.7 Å². The van der Waals surface area contributed by atoms with Gasteiger partial charge in [-0.1, -0.05) is 42.5 Å². The third kappa shape index (κ3) is 3.57. The minimum absolute atomic E-state index is 0.0576. The van der Waals surface area contributed by atoms with Crippen molar-refractivity contribution in [3.63, 3.8) is 0 Å². The van der Waals surface area contributed by atoms with Crippen LogP contribution in [0, 0.1) is 13.8 Å². The van der Waals surface area contributed by atoms with Gasteiger partial charge < -0.3 is 4.74 Å². The van der Waals surface area contributed by atoms with Gasteiger partial charge in [0, 0.05) is 6.42 Å². The number of benzene rings is 2. The number of carbonyl (C=O) groups is 3. The van der Waals surface area contributed by atoms with E-state index in [-0.39, 0.29) is 37.1 Å². The number of hydrogen-bond donors (Lipinski definition) is 1. The highest BCUT2D eigenvalue weighted by atomic mass is 16.5. The Morgan fingerprint density at radius 2 is 1.84 bits per heavy atom. The normalized spacial score (nSPS) is 18.8. The van der Waals surface area contributed by atoms with Crippen LogP contribution in [-0.2, 0) is 31.3 Å². The number of esters is 1. The maximum Gasteiger partial charge on any atom is 0.342 e. The number of para-hydroxylation sites is 1. The molecule has 2 amide bonds. The maximum atomic E-state index is 13.6. The molecule has 0 saturated carbocycles. The highest BCUT2D eigenvalue weighted by Crippen LogP contribution is 2.30. The van der Waals surface area contributed by atoms with E-state index in [0.717, 1.165) is 15.7 Å². The molecule has 0 radical (unpaired) electrons. The molecule has 2 heterocycles. The van der Waals surface area contributed by atoms with Crippen LogP contribution in [0.4, 0.5) is 0 Å². The Labute approximate surface area is 184 Å². The average Bonchev–Trinajstić information content (AvgIpc) is 2.92. The van der Waals surface area contributed by atoms with Crippen LogP contribution in [-0.4, -0.2) is 27.3 Å². The summed E-state index contributed by atoms with van der Waals surface area (Å²) < 4.78 is 6.63. The van der Waals surface area contributed by atoms with Gasteiger partial charge in [0.15, 0.2) is 0 Å². The number of aromatic nitrogens is 2. The summed E-state index contributed by atoms with van der Waals surface area (Å²) in [5.41, 5.74) is -0.525. The van der Waals surface area contributed by atoms with Crippen LogP contribution >= 0.6 is 0 Å². The third-order valence-corrected chi connectivity index (χ3v) is 5.77. The lowest BCUT2D eigenvalue weighted by Gasteiger charge is -2.31. The summed E-state index contributed by atoms with van der Waals surface area (Å²) in [6.07, 6.45) is 0.237. The largest absolute Gasteiger partial charge is 0.459 e. The number of hydrogen-bond acceptors (Lipinski definition) is 6. The smallest absolute Gasteiger partial charge is 0.342 e. The number of carbonyl (C=O) groups excluding carboxylic acids is 3. The zero-order chi connectivity index (χ0) is 22.9. The minimum atomic E-state index is -2.03. The van der Waals surface area contributed by atoms with Gasteiger partial charge in [-0.05, 0) is 43.9 Å². The first-order valence-electron chi connectivity index (χ1n) is 10.4. The van der Waals surface area contributed by atoms with E-state index in [4.69, 9.17) is 4.74 Å². The third-order valence-electron chi connectivity index (χ3n) is 5.77. The minimum Gasteiger partial charge on any atom is -0.459 e. The highest BCUT2D eigenvalue weighted by Gasteiger charge is 2.52. The summed E-state index contributed by atoms with van der Waals surface area (Å²) in [5.74, 6) is -2.08. The first-order valence-corrected chi connectivity index (χ1v) is 10.4. The Morgan fingerprint density at radius 3 is 2.59 bits per heavy atom. The summed E-state index contributed by atoms with van der Waals surface area (Å²) in [4.78, 5) is 56.9. The van der Waals surface area contributed by atoms with E-state index < -0.39 is 28.9 Å². The Bertz CT molecular complexity index is 1280. The van der Waals surface area contributed by atoms with E-state index in [1.165, 1.54) is 0 Å². The number of amides is 2. The monoisotopic (exact) mass is 433 g/mol. The number of rotatable bonds is 4. The molecule has 8 nitrogen and oxygen atoms in total. The van der Waals surface area contributed by atoms with Gasteiger partial charge >= 0.3 is 5.97 Å². The van der Waals surface area contributed by atoms with Crippen molar-refractivity contribution < 1.29 is 19.1 Å². The first-order chi connectivity index (χ1) is 15.3. The number of imide groups is 1. The van der Waals surface area contributed by atoms with Crippen LogP contribution in [0.2, 0.25) is 0 Å². The van der Waals surface area contributed by atoms with Crippen molar-refractivity contribution in [1.29, 1.82) is 0 Å². The second-order valence-corrected chi connectivity index (χ2v) is 7.92. The Hall–Kier alpha value is -3.81. The topological polar surface area (TPSA) is 107 Å². The van der Waals surface area contributed by atoms with E-state index in [0.29, 0.717) is 5.52 Å². The molecule has 2 aromatic carbocycles. The first kappa shape index (κ1) is 21.4. The lowest BCUT2D eigenvalue weighted by molar-refractivity contribution is -0.161. The molecule has 1 saturated heterocycles. The summed E-state index contributed by atoms with van der Waals surface area (Å²) in [6, 6.07) is 14.2. The molecular weight excluding hydrogens is 410 g/mol. The second kappa shape index (κ2) is 8.37. The standard InChI is InChI=1S/C24H23N3O5/c1-15-8-6-11-18-20(15)25-16(2)27(21(18)29)24(13-7-12-19(28)26-22(24)30)23(31)32-14-17-9-4-3-5-10-17/h3-6,8-11H,7,12-14H2,1-2H3,(H,26,28,30). The molecular formula is C24H23N3O5. The molecule has 4 rings (SSSR count). The predicted octanol–water partition coefficient (Wildman–Crippen LogP) is 2.28. The van der Waals surface area contributed by atoms with Gasteiger partial charge in [-0.2, -0.15) is 0 Å². The molecule has 1 fully saturated rings. The number of ether oxygens (including phenoxy) is 1. The van der Waals surface area contributed by atoms with Crippen molar-refractivity contribution in [2.24, 2.45) is 0 Å². The molecule has 1 aliphatic rings. The summed E-state index contributed by atoms with van der Waals surface area (Å²) in [6.45, 7) is 3.33. The molecule has 0 aliphatic carbocycles. The van der Waals surface area contributed by atoms with Gasteiger partial charge in [-0.3, -0.25) is 24.3 Å². The molecule has 3 aromatic rings. The maximum absolute atomic E-state index is 13.6. The van der Waals surface area contributed by atoms with Crippen molar-refractivity contribution in [2.75, 3.05) is 0 Å². The van der Waals surface area contributed by atoms with Gasteiger partial charge in [0.05, 0.1) is 10.9 Å². The summed E-state index contributed by atoms with van der Waals surface area (Å²) >= 11 is 0. The SMILES string of the molecule is Cc1cccc2c(=O)n(C3(C(=O)OCc4ccccc4)CCCC(=O)NC3=O)c(C)nc12. The van der Waals surface area contributed by atoms with Crippen LogP contribution in [0.3, 0.4) is 0 Å². The van der Waals surface area contributed by atoms with Crippen LogP contribution < -0.4 is 10.9 Å². The molecule has 164 valence electrons. The fraction of sp³-hybridized carbons (Fsp3) is 0.292. The number of aryl methyl sites for hydroxylation is 2. The van der Waals surface area contributed by atoms with Crippen molar-refractivity contribution in [2.45, 2.75) is 45.3 Å². The fourth-order valence-corrected chi connectivity index (χ4v) is 4.16. The summed E-state index contributed by atoms with van der Waals surface area (Å²) in [5, 5.41) is 2.54. The molecule has 1 aliphatic heterocycles. The van der Waals surface area contributed by atoms with Crippen LogP contribution in [0.25, 0.3) is 10.9 Å².